The van der Waals surface area contributed by atoms with Crippen LogP contribution in [0, 0.1) is 0 Å². The second-order valence-corrected chi connectivity index (χ2v) is 8.45. The minimum atomic E-state index is -1.15. The number of carbonyl (C=O) groups is 4. The maximum atomic E-state index is 13.3. The van der Waals surface area contributed by atoms with Crippen LogP contribution in [-0.2, 0) is 20.7 Å². The standard InChI is InChI=1S/C24H22N4O6S/c1-33-16-10-8-15(9-11-16)19-21(30)28(24(32)26-19)18(12-14-6-4-3-5-7-14)20(29)27-23-25-17(13-35-23)22(31)34-2/h3-11,13,18-19H,12H2,1-2H3,(H,26,32)(H,25,27,29)/t18-,19+/m0/s1. The lowest BCUT2D eigenvalue weighted by Crippen LogP contribution is -2.49. The van der Waals surface area contributed by atoms with Crippen molar-refractivity contribution in [3.05, 3.63) is 76.8 Å². The van der Waals surface area contributed by atoms with Crippen LogP contribution >= 0.6 is 11.3 Å². The van der Waals surface area contributed by atoms with Crippen molar-refractivity contribution in [1.82, 2.24) is 15.2 Å². The van der Waals surface area contributed by atoms with Crippen molar-refractivity contribution in [3.8, 4) is 5.75 Å². The second-order valence-electron chi connectivity index (χ2n) is 7.59. The van der Waals surface area contributed by atoms with Crippen LogP contribution in [0.1, 0.15) is 27.7 Å². The van der Waals surface area contributed by atoms with E-state index in [0.717, 1.165) is 21.8 Å². The minimum absolute atomic E-state index is 0.0435. The zero-order valence-electron chi connectivity index (χ0n) is 18.9. The molecule has 4 rings (SSSR count). The fraction of sp³-hybridized carbons (Fsp3) is 0.208. The first kappa shape index (κ1) is 23.9. The number of amides is 4. The second kappa shape index (κ2) is 10.3. The summed E-state index contributed by atoms with van der Waals surface area (Å²) in [6.07, 6.45) is 0.0937. The Hall–Kier alpha value is -4.25. The van der Waals surface area contributed by atoms with E-state index >= 15 is 0 Å². The number of anilines is 1. The van der Waals surface area contributed by atoms with Crippen LogP contribution < -0.4 is 15.4 Å². The number of rotatable bonds is 8. The summed E-state index contributed by atoms with van der Waals surface area (Å²) in [6, 6.07) is 13.0. The van der Waals surface area contributed by atoms with Crippen molar-refractivity contribution in [3.63, 3.8) is 0 Å². The van der Waals surface area contributed by atoms with Gasteiger partial charge in [0.1, 0.15) is 17.8 Å². The summed E-state index contributed by atoms with van der Waals surface area (Å²) in [4.78, 5) is 56.3. The maximum Gasteiger partial charge on any atom is 0.357 e. The Morgan fingerprint density at radius 1 is 1.11 bits per heavy atom. The first-order chi connectivity index (χ1) is 16.9. The van der Waals surface area contributed by atoms with Gasteiger partial charge in [0.05, 0.1) is 14.2 Å². The number of thiazole rings is 1. The number of imide groups is 1. The fourth-order valence-electron chi connectivity index (χ4n) is 3.67. The fourth-order valence-corrected chi connectivity index (χ4v) is 4.35. The third-order valence-corrected chi connectivity index (χ3v) is 6.19. The Morgan fingerprint density at radius 3 is 2.49 bits per heavy atom. The number of hydrogen-bond donors (Lipinski definition) is 2. The molecule has 35 heavy (non-hydrogen) atoms. The first-order valence-electron chi connectivity index (χ1n) is 10.6. The number of esters is 1. The minimum Gasteiger partial charge on any atom is -0.497 e. The van der Waals surface area contributed by atoms with E-state index < -0.39 is 35.9 Å². The first-order valence-corrected chi connectivity index (χ1v) is 11.5. The molecule has 0 saturated carbocycles. The molecule has 2 heterocycles. The zero-order valence-corrected chi connectivity index (χ0v) is 19.7. The molecule has 0 spiro atoms. The Morgan fingerprint density at radius 2 is 1.83 bits per heavy atom. The molecule has 180 valence electrons. The lowest BCUT2D eigenvalue weighted by Gasteiger charge is -2.24. The Balaban J connectivity index is 1.60. The number of carbonyl (C=O) groups excluding carboxylic acids is 4. The molecular weight excluding hydrogens is 472 g/mol. The largest absolute Gasteiger partial charge is 0.497 e. The number of methoxy groups -OCH3 is 2. The molecule has 10 nitrogen and oxygen atoms in total. The van der Waals surface area contributed by atoms with E-state index in [-0.39, 0.29) is 17.2 Å². The molecule has 2 aromatic carbocycles. The van der Waals surface area contributed by atoms with Gasteiger partial charge in [0.25, 0.3) is 5.91 Å². The summed E-state index contributed by atoms with van der Waals surface area (Å²) in [7, 11) is 2.76. The molecule has 11 heteroatoms. The highest BCUT2D eigenvalue weighted by Gasteiger charge is 2.45. The van der Waals surface area contributed by atoms with Gasteiger partial charge in [0.2, 0.25) is 5.91 Å². The van der Waals surface area contributed by atoms with Crippen molar-refractivity contribution in [2.75, 3.05) is 19.5 Å². The van der Waals surface area contributed by atoms with Crippen molar-refractivity contribution < 1.29 is 28.7 Å². The molecule has 0 bridgehead atoms. The number of nitrogens with one attached hydrogen (secondary N) is 2. The summed E-state index contributed by atoms with van der Waals surface area (Å²) in [5.41, 5.74) is 1.37. The molecular formula is C24H22N4O6S. The lowest BCUT2D eigenvalue weighted by molar-refractivity contribution is -0.134. The van der Waals surface area contributed by atoms with Gasteiger partial charge in [-0.05, 0) is 23.3 Å². The Labute approximate surface area is 204 Å². The van der Waals surface area contributed by atoms with Gasteiger partial charge in [0, 0.05) is 11.8 Å². The lowest BCUT2D eigenvalue weighted by atomic mass is 10.0. The molecule has 4 amide bonds. The van der Waals surface area contributed by atoms with E-state index in [0.29, 0.717) is 11.3 Å². The van der Waals surface area contributed by atoms with Crippen LogP contribution in [0.25, 0.3) is 0 Å². The van der Waals surface area contributed by atoms with Crippen LogP contribution in [0.15, 0.2) is 60.0 Å². The zero-order chi connectivity index (χ0) is 24.9. The van der Waals surface area contributed by atoms with Crippen LogP contribution in [0.2, 0.25) is 0 Å². The van der Waals surface area contributed by atoms with Gasteiger partial charge in [-0.15, -0.1) is 11.3 Å². The number of benzene rings is 2. The summed E-state index contributed by atoms with van der Waals surface area (Å²) in [6.45, 7) is 0. The monoisotopic (exact) mass is 494 g/mol. The van der Waals surface area contributed by atoms with E-state index in [4.69, 9.17) is 4.74 Å². The summed E-state index contributed by atoms with van der Waals surface area (Å²) in [5.74, 6) is -1.19. The molecule has 1 aliphatic rings. The average molecular weight is 495 g/mol. The SMILES string of the molecule is COC(=O)c1csc(NC(=O)[C@H](Cc2ccccc2)N2C(=O)N[C@H](c3ccc(OC)cc3)C2=O)n1. The van der Waals surface area contributed by atoms with Gasteiger partial charge >= 0.3 is 12.0 Å². The Bertz CT molecular complexity index is 1240. The number of aromatic nitrogens is 1. The molecule has 1 fully saturated rings. The third-order valence-electron chi connectivity index (χ3n) is 5.44. The molecule has 0 radical (unpaired) electrons. The van der Waals surface area contributed by atoms with Crippen LogP contribution in [0.5, 0.6) is 5.75 Å². The maximum absolute atomic E-state index is 13.3. The van der Waals surface area contributed by atoms with Crippen LogP contribution in [-0.4, -0.2) is 54.0 Å². The van der Waals surface area contributed by atoms with Gasteiger partial charge in [0.15, 0.2) is 10.8 Å². The highest BCUT2D eigenvalue weighted by atomic mass is 32.1. The van der Waals surface area contributed by atoms with E-state index in [1.54, 1.807) is 48.5 Å². The Kier molecular flexibility index (Phi) is 7.06. The molecule has 1 aromatic heterocycles. The number of ether oxygens (including phenoxy) is 2. The van der Waals surface area contributed by atoms with Gasteiger partial charge in [-0.25, -0.2) is 19.5 Å². The van der Waals surface area contributed by atoms with Gasteiger partial charge < -0.3 is 20.1 Å². The van der Waals surface area contributed by atoms with E-state index in [2.05, 4.69) is 20.4 Å². The van der Waals surface area contributed by atoms with Gasteiger partial charge in [-0.3, -0.25) is 9.59 Å². The van der Waals surface area contributed by atoms with Gasteiger partial charge in [-0.2, -0.15) is 0 Å². The van der Waals surface area contributed by atoms with E-state index in [1.165, 1.54) is 19.6 Å². The molecule has 2 atom stereocenters. The number of hydrogen-bond acceptors (Lipinski definition) is 8. The summed E-state index contributed by atoms with van der Waals surface area (Å²) in [5, 5.41) is 6.87. The smallest absolute Gasteiger partial charge is 0.357 e. The van der Waals surface area contributed by atoms with E-state index in [9.17, 15) is 19.2 Å². The molecule has 3 aromatic rings. The molecule has 0 unspecified atom stereocenters. The molecule has 1 aliphatic heterocycles. The van der Waals surface area contributed by atoms with Crippen molar-refractivity contribution in [1.29, 1.82) is 0 Å². The highest BCUT2D eigenvalue weighted by molar-refractivity contribution is 7.14. The van der Waals surface area contributed by atoms with Crippen LogP contribution in [0.3, 0.4) is 0 Å². The predicted octanol–water partition coefficient (Wildman–Crippen LogP) is 2.78. The van der Waals surface area contributed by atoms with Gasteiger partial charge in [-0.1, -0.05) is 42.5 Å². The molecule has 2 N–H and O–H groups in total. The average Bonchev–Trinajstić information content (AvgIpc) is 3.46. The molecule has 0 aliphatic carbocycles. The quantitative estimate of drug-likeness (QED) is 0.364. The number of urea groups is 1. The predicted molar refractivity (Wildman–Crippen MR) is 127 cm³/mol. The number of nitrogens with zero attached hydrogens (tertiary/aromatic N) is 2. The van der Waals surface area contributed by atoms with E-state index in [1.807, 2.05) is 6.07 Å². The topological polar surface area (TPSA) is 127 Å². The summed E-state index contributed by atoms with van der Waals surface area (Å²) < 4.78 is 9.79. The highest BCUT2D eigenvalue weighted by Crippen LogP contribution is 2.27. The summed E-state index contributed by atoms with van der Waals surface area (Å²) >= 11 is 1.03. The molecule has 1 saturated heterocycles. The normalized spacial score (nSPS) is 15.9. The van der Waals surface area contributed by atoms with Crippen LogP contribution in [0.4, 0.5) is 9.93 Å². The van der Waals surface area contributed by atoms with Crippen molar-refractivity contribution in [2.24, 2.45) is 0 Å². The van der Waals surface area contributed by atoms with Crippen molar-refractivity contribution in [2.45, 2.75) is 18.5 Å². The third kappa shape index (κ3) is 5.14. The van der Waals surface area contributed by atoms with Crippen molar-refractivity contribution >= 4 is 40.3 Å².